The van der Waals surface area contributed by atoms with Crippen molar-refractivity contribution in [2.45, 2.75) is 31.2 Å². The van der Waals surface area contributed by atoms with Crippen molar-refractivity contribution >= 4 is 11.8 Å². The van der Waals surface area contributed by atoms with Crippen LogP contribution in [-0.4, -0.2) is 65.3 Å². The Morgan fingerprint density at radius 1 is 1.22 bits per heavy atom. The summed E-state index contributed by atoms with van der Waals surface area (Å²) in [6.45, 7) is 2.94. The Hall–Kier alpha value is -3.17. The molecule has 168 valence electrons. The van der Waals surface area contributed by atoms with Gasteiger partial charge in [0.25, 0.3) is 0 Å². The molecule has 32 heavy (non-hydrogen) atoms. The molecule has 1 aromatic carbocycles. The van der Waals surface area contributed by atoms with Crippen molar-refractivity contribution in [3.63, 3.8) is 0 Å². The predicted octanol–water partition coefficient (Wildman–Crippen LogP) is 2.58. The quantitative estimate of drug-likeness (QED) is 0.591. The second-order valence-electron chi connectivity index (χ2n) is 8.35. The van der Waals surface area contributed by atoms with Gasteiger partial charge in [-0.15, -0.1) is 0 Å². The van der Waals surface area contributed by atoms with Gasteiger partial charge in [-0.3, -0.25) is 10.2 Å². The summed E-state index contributed by atoms with van der Waals surface area (Å²) in [6, 6.07) is 11.4. The minimum atomic E-state index is -0.236. The minimum absolute atomic E-state index is 0.0323. The van der Waals surface area contributed by atoms with Crippen molar-refractivity contribution in [2.24, 2.45) is 0 Å². The van der Waals surface area contributed by atoms with Crippen LogP contribution in [0, 0.1) is 0 Å². The van der Waals surface area contributed by atoms with E-state index in [4.69, 9.17) is 14.4 Å². The Balaban J connectivity index is 1.34. The first-order valence-corrected chi connectivity index (χ1v) is 11.1. The van der Waals surface area contributed by atoms with Crippen LogP contribution in [-0.2, 0) is 17.6 Å². The number of urea groups is 1. The van der Waals surface area contributed by atoms with Crippen molar-refractivity contribution in [1.29, 1.82) is 0 Å². The van der Waals surface area contributed by atoms with Crippen LogP contribution < -0.4 is 10.6 Å². The number of rotatable bonds is 7. The molecule has 1 aliphatic carbocycles. The van der Waals surface area contributed by atoms with E-state index in [2.05, 4.69) is 20.7 Å². The van der Waals surface area contributed by atoms with Crippen molar-refractivity contribution in [3.8, 4) is 5.69 Å². The van der Waals surface area contributed by atoms with E-state index in [0.717, 1.165) is 67.4 Å². The highest BCUT2D eigenvalue weighted by atomic mass is 16.5. The molecule has 9 nitrogen and oxygen atoms in total. The van der Waals surface area contributed by atoms with Crippen LogP contribution in [0.2, 0.25) is 0 Å². The van der Waals surface area contributed by atoms with E-state index in [0.29, 0.717) is 6.61 Å². The first-order chi connectivity index (χ1) is 15.7. The fourth-order valence-corrected chi connectivity index (χ4v) is 4.73. The lowest BCUT2D eigenvalue weighted by atomic mass is 10.0. The molecule has 5 rings (SSSR count). The first-order valence-electron chi connectivity index (χ1n) is 11.1. The van der Waals surface area contributed by atoms with Crippen LogP contribution in [0.1, 0.15) is 29.4 Å². The summed E-state index contributed by atoms with van der Waals surface area (Å²) in [7, 11) is 1.70. The van der Waals surface area contributed by atoms with Crippen molar-refractivity contribution < 1.29 is 14.1 Å². The van der Waals surface area contributed by atoms with Crippen LogP contribution in [0.15, 0.2) is 47.1 Å². The Morgan fingerprint density at radius 3 is 2.88 bits per heavy atom. The molecule has 0 saturated carbocycles. The predicted molar refractivity (Wildman–Crippen MR) is 119 cm³/mol. The van der Waals surface area contributed by atoms with Gasteiger partial charge in [-0.25, -0.2) is 9.48 Å². The number of likely N-dealkylation sites (tertiary alicyclic amines) is 1. The lowest BCUT2D eigenvalue weighted by Gasteiger charge is -2.19. The molecule has 9 heteroatoms. The highest BCUT2D eigenvalue weighted by Crippen LogP contribution is 2.31. The topological polar surface area (TPSA) is 97.5 Å². The maximum atomic E-state index is 13.1. The van der Waals surface area contributed by atoms with Crippen LogP contribution in [0.3, 0.4) is 0 Å². The average Bonchev–Trinajstić information content (AvgIpc) is 3.59. The maximum Gasteiger partial charge on any atom is 0.320 e. The highest BCUT2D eigenvalue weighted by Gasteiger charge is 2.37. The number of para-hydroxylation sites is 1. The molecule has 2 N–H and O–H groups in total. The van der Waals surface area contributed by atoms with Gasteiger partial charge in [0.2, 0.25) is 0 Å². The van der Waals surface area contributed by atoms with Gasteiger partial charge in [-0.2, -0.15) is 5.10 Å². The van der Waals surface area contributed by atoms with E-state index in [1.54, 1.807) is 13.3 Å². The second-order valence-corrected chi connectivity index (χ2v) is 8.35. The summed E-state index contributed by atoms with van der Waals surface area (Å²) in [4.78, 5) is 15.4. The zero-order valence-electron chi connectivity index (χ0n) is 18.2. The summed E-state index contributed by atoms with van der Waals surface area (Å²) in [5.41, 5.74) is 3.13. The van der Waals surface area contributed by atoms with E-state index in [1.165, 1.54) is 0 Å². The van der Waals surface area contributed by atoms with Crippen LogP contribution >= 0.6 is 0 Å². The molecule has 2 amide bonds. The summed E-state index contributed by atoms with van der Waals surface area (Å²) >= 11 is 0. The smallest absolute Gasteiger partial charge is 0.320 e. The molecular formula is C23H28N6O3. The molecular weight excluding hydrogens is 408 g/mol. The summed E-state index contributed by atoms with van der Waals surface area (Å²) in [5.74, 6) is 1.57. The van der Waals surface area contributed by atoms with Crippen molar-refractivity contribution in [1.82, 2.24) is 25.2 Å². The van der Waals surface area contributed by atoms with Gasteiger partial charge in [0.05, 0.1) is 36.1 Å². The molecule has 1 fully saturated rings. The largest absolute Gasteiger partial charge is 0.383 e. The number of methoxy groups -OCH3 is 1. The number of aryl methyl sites for hydroxylation is 1. The molecule has 1 unspecified atom stereocenters. The first kappa shape index (κ1) is 20.7. The number of hydrogen-bond acceptors (Lipinski definition) is 6. The van der Waals surface area contributed by atoms with E-state index < -0.39 is 0 Å². The number of carbonyl (C=O) groups excluding carboxylic acids is 1. The van der Waals surface area contributed by atoms with E-state index in [9.17, 15) is 4.79 Å². The molecule has 0 spiro atoms. The zero-order chi connectivity index (χ0) is 21.9. The van der Waals surface area contributed by atoms with Crippen LogP contribution in [0.25, 0.3) is 5.69 Å². The Labute approximate surface area is 186 Å². The van der Waals surface area contributed by atoms with Gasteiger partial charge in [0.1, 0.15) is 11.6 Å². The number of nitrogens with one attached hydrogen (secondary N) is 2. The molecule has 3 aromatic rings. The lowest BCUT2D eigenvalue weighted by Crippen LogP contribution is -2.42. The third-order valence-corrected chi connectivity index (χ3v) is 6.29. The Kier molecular flexibility index (Phi) is 5.91. The number of nitrogens with zero attached hydrogens (tertiary/aromatic N) is 4. The van der Waals surface area contributed by atoms with E-state index in [1.807, 2.05) is 41.1 Å². The normalized spacial score (nSPS) is 20.4. The third kappa shape index (κ3) is 4.13. The van der Waals surface area contributed by atoms with Gasteiger partial charge in [0.15, 0.2) is 0 Å². The number of benzene rings is 1. The maximum absolute atomic E-state index is 13.1. The monoisotopic (exact) mass is 436 g/mol. The molecule has 0 bridgehead atoms. The number of amides is 2. The molecule has 2 aliphatic rings. The van der Waals surface area contributed by atoms with Gasteiger partial charge >= 0.3 is 6.03 Å². The fraction of sp³-hybridized carbons (Fsp3) is 0.435. The van der Waals surface area contributed by atoms with E-state index >= 15 is 0 Å². The number of aromatic nitrogens is 3. The Morgan fingerprint density at radius 2 is 2.09 bits per heavy atom. The van der Waals surface area contributed by atoms with Gasteiger partial charge < -0.3 is 14.6 Å². The lowest BCUT2D eigenvalue weighted by molar-refractivity contribution is 0.159. The molecule has 1 saturated heterocycles. The Bertz CT molecular complexity index is 1050. The summed E-state index contributed by atoms with van der Waals surface area (Å²) in [6.07, 6.45) is 4.57. The molecule has 1 aliphatic heterocycles. The van der Waals surface area contributed by atoms with Gasteiger partial charge in [-0.05, 0) is 31.4 Å². The number of anilines is 1. The molecule has 2 atom stereocenters. The number of ether oxygens (including phenoxy) is 1. The SMILES string of the molecule is COCCN1CC(NC(=O)Nc2c3c(nn2-c2ccccc2)CCC3)[C@H](c2ccno2)C1. The standard InChI is InChI=1S/C23H28N6O3/c1-31-13-12-28-14-18(21-10-11-24-32-21)20(15-28)25-23(30)26-22-17-8-5-9-19(17)27-29(22)16-6-3-2-4-7-16/h2-4,6-7,10-11,18,20H,5,8-9,12-15H2,1H3,(H2,25,26,30)/t18-,20?/m1/s1. The highest BCUT2D eigenvalue weighted by molar-refractivity contribution is 5.90. The molecule has 2 aromatic heterocycles. The summed E-state index contributed by atoms with van der Waals surface area (Å²) in [5, 5.41) is 14.9. The minimum Gasteiger partial charge on any atom is -0.383 e. The third-order valence-electron chi connectivity index (χ3n) is 6.29. The van der Waals surface area contributed by atoms with Gasteiger partial charge in [-0.1, -0.05) is 23.4 Å². The van der Waals surface area contributed by atoms with Crippen LogP contribution in [0.4, 0.5) is 10.6 Å². The molecule has 3 heterocycles. The average molecular weight is 437 g/mol. The molecule has 0 radical (unpaired) electrons. The van der Waals surface area contributed by atoms with Crippen molar-refractivity contribution in [3.05, 3.63) is 59.6 Å². The van der Waals surface area contributed by atoms with Crippen molar-refractivity contribution in [2.75, 3.05) is 38.7 Å². The number of hydrogen-bond donors (Lipinski definition) is 2. The number of fused-ring (bicyclic) bond motifs is 1. The number of carbonyl (C=O) groups is 1. The van der Waals surface area contributed by atoms with Crippen LogP contribution in [0.5, 0.6) is 0 Å². The second kappa shape index (κ2) is 9.13. The fourth-order valence-electron chi connectivity index (χ4n) is 4.73. The van der Waals surface area contributed by atoms with E-state index in [-0.39, 0.29) is 18.0 Å². The summed E-state index contributed by atoms with van der Waals surface area (Å²) < 4.78 is 12.5. The zero-order valence-corrected chi connectivity index (χ0v) is 18.2. The van der Waals surface area contributed by atoms with Gasteiger partial charge in [0, 0.05) is 38.4 Å².